The van der Waals surface area contributed by atoms with Crippen LogP contribution >= 0.6 is 0 Å². The quantitative estimate of drug-likeness (QED) is 0.783. The number of nitrogens with zero attached hydrogens (tertiary/aromatic N) is 3. The van der Waals surface area contributed by atoms with Gasteiger partial charge in [0.25, 0.3) is 15.9 Å². The largest absolute Gasteiger partial charge is 0.291 e. The van der Waals surface area contributed by atoms with Crippen molar-refractivity contribution in [2.24, 2.45) is 10.2 Å². The van der Waals surface area contributed by atoms with Gasteiger partial charge in [-0.3, -0.25) is 9.52 Å². The third-order valence-electron chi connectivity index (χ3n) is 5.36. The summed E-state index contributed by atoms with van der Waals surface area (Å²) < 4.78 is 27.9. The van der Waals surface area contributed by atoms with Gasteiger partial charge in [-0.2, -0.15) is 10.4 Å². The summed E-state index contributed by atoms with van der Waals surface area (Å²) in [4.78, 5) is 12.1. The molecule has 1 N–H and O–H groups in total. The number of amides is 1. The minimum absolute atomic E-state index is 0.0866. The van der Waals surface area contributed by atoms with E-state index in [1.807, 2.05) is 12.1 Å². The smallest absolute Gasteiger partial charge is 0.280 e. The molecule has 7 nitrogen and oxygen atoms in total. The Kier molecular flexibility index (Phi) is 5.46. The number of rotatable bonds is 5. The van der Waals surface area contributed by atoms with Gasteiger partial charge in [0.15, 0.2) is 0 Å². The first-order chi connectivity index (χ1) is 14.5. The van der Waals surface area contributed by atoms with Crippen molar-refractivity contribution in [1.29, 1.82) is 5.26 Å². The summed E-state index contributed by atoms with van der Waals surface area (Å²) in [5.41, 5.74) is 3.63. The molecule has 1 aliphatic carbocycles. The van der Waals surface area contributed by atoms with Gasteiger partial charge in [0.2, 0.25) is 0 Å². The van der Waals surface area contributed by atoms with Crippen LogP contribution in [0.5, 0.6) is 0 Å². The summed E-state index contributed by atoms with van der Waals surface area (Å²) in [5.74, 6) is -0.218. The van der Waals surface area contributed by atoms with E-state index >= 15 is 0 Å². The summed E-state index contributed by atoms with van der Waals surface area (Å²) in [5, 5.41) is 16.9. The Balaban J connectivity index is 1.53. The van der Waals surface area contributed by atoms with Gasteiger partial charge >= 0.3 is 0 Å². The maximum absolute atomic E-state index is 12.7. The number of carbonyl (C=O) groups is 1. The van der Waals surface area contributed by atoms with Crippen LogP contribution in [0.1, 0.15) is 36.8 Å². The zero-order valence-corrected chi connectivity index (χ0v) is 17.0. The topological polar surface area (TPSA) is 112 Å². The third-order valence-corrected chi connectivity index (χ3v) is 6.76. The van der Waals surface area contributed by atoms with Crippen LogP contribution in [0.4, 0.5) is 5.69 Å². The zero-order valence-electron chi connectivity index (χ0n) is 16.2. The highest BCUT2D eigenvalue weighted by atomic mass is 32.2. The van der Waals surface area contributed by atoms with E-state index in [0.29, 0.717) is 17.7 Å². The molecule has 0 fully saturated rings. The highest BCUT2D eigenvalue weighted by Crippen LogP contribution is 2.34. The molecule has 152 valence electrons. The fourth-order valence-electron chi connectivity index (χ4n) is 3.86. The fraction of sp³-hybridized carbons (Fsp3) is 0.273. The molecule has 2 aromatic carbocycles. The van der Waals surface area contributed by atoms with Crippen molar-refractivity contribution in [3.8, 4) is 6.07 Å². The standard InChI is InChI=1S/C22H20N4O3S/c23-14-15-8-10-18(11-9-15)30(28,29)26-17-5-3-4-16(12-17)13-21-19-6-1-2-7-20(19)22(27)25-24-21/h3-5,8-12,21,26H,1-2,6-7,13H2. The number of hydrogen-bond acceptors (Lipinski definition) is 5. The van der Waals surface area contributed by atoms with Gasteiger partial charge in [0.1, 0.15) is 0 Å². The van der Waals surface area contributed by atoms with Crippen LogP contribution in [0, 0.1) is 11.3 Å². The highest BCUT2D eigenvalue weighted by Gasteiger charge is 2.29. The molecule has 2 aromatic rings. The summed E-state index contributed by atoms with van der Waals surface area (Å²) in [6.45, 7) is 0. The monoisotopic (exact) mass is 420 g/mol. The number of hydrogen-bond donors (Lipinski definition) is 1. The van der Waals surface area contributed by atoms with Gasteiger partial charge in [-0.05, 0) is 73.2 Å². The Hall–Kier alpha value is -3.31. The molecule has 1 atom stereocenters. The number of anilines is 1. The lowest BCUT2D eigenvalue weighted by Crippen LogP contribution is -2.23. The van der Waals surface area contributed by atoms with Crippen LogP contribution in [0.2, 0.25) is 0 Å². The number of nitrogens with one attached hydrogen (secondary N) is 1. The van der Waals surface area contributed by atoms with Gasteiger partial charge in [0.05, 0.1) is 22.6 Å². The predicted octanol–water partition coefficient (Wildman–Crippen LogP) is 4.13. The number of carbonyl (C=O) groups excluding carboxylic acids is 1. The van der Waals surface area contributed by atoms with E-state index in [1.165, 1.54) is 24.3 Å². The first-order valence-corrected chi connectivity index (χ1v) is 11.2. The minimum atomic E-state index is -3.77. The van der Waals surface area contributed by atoms with Crippen molar-refractivity contribution >= 4 is 21.6 Å². The molecular formula is C22H20N4O3S. The van der Waals surface area contributed by atoms with Crippen molar-refractivity contribution in [1.82, 2.24) is 0 Å². The second kappa shape index (κ2) is 8.20. The average molecular weight is 420 g/mol. The molecule has 2 aliphatic rings. The maximum atomic E-state index is 12.7. The summed E-state index contributed by atoms with van der Waals surface area (Å²) >= 11 is 0. The van der Waals surface area contributed by atoms with Crippen LogP contribution in [-0.4, -0.2) is 20.4 Å². The Morgan fingerprint density at radius 2 is 1.87 bits per heavy atom. The first kappa shape index (κ1) is 20.0. The molecule has 0 radical (unpaired) electrons. The zero-order chi connectivity index (χ0) is 21.1. The Morgan fingerprint density at radius 3 is 2.63 bits per heavy atom. The van der Waals surface area contributed by atoms with Crippen LogP contribution in [0.15, 0.2) is 74.8 Å². The Morgan fingerprint density at radius 1 is 1.10 bits per heavy atom. The summed E-state index contributed by atoms with van der Waals surface area (Å²) in [7, 11) is -3.77. The molecule has 1 aliphatic heterocycles. The van der Waals surface area contributed by atoms with Crippen molar-refractivity contribution < 1.29 is 13.2 Å². The number of nitriles is 1. The lowest BCUT2D eigenvalue weighted by molar-refractivity contribution is -0.115. The normalized spacial score (nSPS) is 18.6. The molecule has 1 heterocycles. The summed E-state index contributed by atoms with van der Waals surface area (Å²) in [6.07, 6.45) is 4.22. The molecule has 1 unspecified atom stereocenters. The second-order valence-electron chi connectivity index (χ2n) is 7.39. The molecule has 0 saturated heterocycles. The average Bonchev–Trinajstić information content (AvgIpc) is 2.76. The molecule has 1 amide bonds. The fourth-order valence-corrected chi connectivity index (χ4v) is 4.91. The van der Waals surface area contributed by atoms with Gasteiger partial charge in [-0.1, -0.05) is 12.1 Å². The third kappa shape index (κ3) is 4.16. The number of benzene rings is 2. The van der Waals surface area contributed by atoms with E-state index in [-0.39, 0.29) is 16.8 Å². The Labute approximate surface area is 175 Å². The van der Waals surface area contributed by atoms with E-state index < -0.39 is 10.0 Å². The molecule has 0 saturated carbocycles. The van der Waals surface area contributed by atoms with Crippen molar-refractivity contribution in [2.45, 2.75) is 43.0 Å². The van der Waals surface area contributed by atoms with Crippen LogP contribution in [0.3, 0.4) is 0 Å². The van der Waals surface area contributed by atoms with E-state index in [4.69, 9.17) is 5.26 Å². The van der Waals surface area contributed by atoms with E-state index in [1.54, 1.807) is 18.2 Å². The van der Waals surface area contributed by atoms with Crippen LogP contribution in [0.25, 0.3) is 0 Å². The molecule has 8 heteroatoms. The Bertz CT molecular complexity index is 1190. The lowest BCUT2D eigenvalue weighted by atomic mass is 9.84. The SMILES string of the molecule is N#Cc1ccc(S(=O)(=O)Nc2cccc(CC3N=NC(=O)C4=C3CCCC4)c2)cc1. The van der Waals surface area contributed by atoms with Crippen molar-refractivity contribution in [3.63, 3.8) is 0 Å². The number of sulfonamides is 1. The van der Waals surface area contributed by atoms with E-state index in [2.05, 4.69) is 15.0 Å². The molecule has 0 spiro atoms. The van der Waals surface area contributed by atoms with Gasteiger partial charge in [-0.15, -0.1) is 5.11 Å². The second-order valence-corrected chi connectivity index (χ2v) is 9.08. The molecule has 4 rings (SSSR count). The minimum Gasteiger partial charge on any atom is -0.280 e. The summed E-state index contributed by atoms with van der Waals surface area (Å²) in [6, 6.07) is 14.7. The number of azo groups is 1. The maximum Gasteiger partial charge on any atom is 0.291 e. The van der Waals surface area contributed by atoms with Crippen molar-refractivity contribution in [3.05, 3.63) is 70.8 Å². The highest BCUT2D eigenvalue weighted by molar-refractivity contribution is 7.92. The van der Waals surface area contributed by atoms with Gasteiger partial charge < -0.3 is 0 Å². The first-order valence-electron chi connectivity index (χ1n) is 9.75. The van der Waals surface area contributed by atoms with Crippen molar-refractivity contribution in [2.75, 3.05) is 4.72 Å². The van der Waals surface area contributed by atoms with E-state index in [0.717, 1.165) is 42.4 Å². The molecular weight excluding hydrogens is 400 g/mol. The van der Waals surface area contributed by atoms with Gasteiger partial charge in [-0.25, -0.2) is 8.42 Å². The predicted molar refractivity (Wildman–Crippen MR) is 111 cm³/mol. The van der Waals surface area contributed by atoms with Crippen LogP contribution < -0.4 is 4.72 Å². The molecule has 0 aromatic heterocycles. The van der Waals surface area contributed by atoms with Crippen LogP contribution in [-0.2, 0) is 21.2 Å². The lowest BCUT2D eigenvalue weighted by Gasteiger charge is -2.25. The molecule has 30 heavy (non-hydrogen) atoms. The molecule has 0 bridgehead atoms. The van der Waals surface area contributed by atoms with E-state index in [9.17, 15) is 13.2 Å². The van der Waals surface area contributed by atoms with Gasteiger partial charge in [0, 0.05) is 17.7 Å².